The lowest BCUT2D eigenvalue weighted by Gasteiger charge is -2.09. The van der Waals surface area contributed by atoms with E-state index in [-0.39, 0.29) is 5.56 Å². The fourth-order valence-corrected chi connectivity index (χ4v) is 2.71. The molecule has 2 aromatic carbocycles. The van der Waals surface area contributed by atoms with Crippen molar-refractivity contribution in [2.45, 2.75) is 6.61 Å². The Bertz CT molecular complexity index is 611. The summed E-state index contributed by atoms with van der Waals surface area (Å²) in [6.45, 7) is 0.321. The van der Waals surface area contributed by atoms with Crippen molar-refractivity contribution in [1.29, 1.82) is 0 Å². The Kier molecular flexibility index (Phi) is 4.61. The summed E-state index contributed by atoms with van der Waals surface area (Å²) in [5.74, 6) is -0.226. The predicted octanol–water partition coefficient (Wildman–Crippen LogP) is 4.49. The zero-order chi connectivity index (χ0) is 13.8. The van der Waals surface area contributed by atoms with Gasteiger partial charge in [0.2, 0.25) is 0 Å². The number of carbonyl (C=O) groups is 1. The summed E-state index contributed by atoms with van der Waals surface area (Å²) in [7, 11) is 0. The van der Waals surface area contributed by atoms with Crippen LogP contribution in [0.4, 0.5) is 0 Å². The number of aromatic carboxylic acids is 1. The van der Waals surface area contributed by atoms with Crippen LogP contribution in [0.1, 0.15) is 15.9 Å². The fraction of sp³-hybridized carbons (Fsp3) is 0.0714. The van der Waals surface area contributed by atoms with Gasteiger partial charge < -0.3 is 9.84 Å². The summed E-state index contributed by atoms with van der Waals surface area (Å²) in [4.78, 5) is 10.9. The Balaban J connectivity index is 2.10. The first-order chi connectivity index (χ1) is 9.06. The van der Waals surface area contributed by atoms with E-state index in [9.17, 15) is 4.79 Å². The number of hydrogen-bond donors (Lipinski definition) is 1. The third-order valence-electron chi connectivity index (χ3n) is 2.46. The van der Waals surface area contributed by atoms with Gasteiger partial charge in [-0.2, -0.15) is 0 Å². The Morgan fingerprint density at radius 3 is 2.63 bits per heavy atom. The highest BCUT2D eigenvalue weighted by Gasteiger charge is 2.05. The van der Waals surface area contributed by atoms with Crippen LogP contribution in [-0.2, 0) is 6.61 Å². The maximum absolute atomic E-state index is 10.9. The Morgan fingerprint density at radius 1 is 1.16 bits per heavy atom. The van der Waals surface area contributed by atoms with E-state index in [4.69, 9.17) is 9.84 Å². The Labute approximate surface area is 127 Å². The average Bonchev–Trinajstić information content (AvgIpc) is 2.38. The molecule has 0 radical (unpaired) electrons. The summed E-state index contributed by atoms with van der Waals surface area (Å²) in [6, 6.07) is 12.3. The minimum atomic E-state index is -0.938. The van der Waals surface area contributed by atoms with Crippen LogP contribution >= 0.6 is 31.9 Å². The summed E-state index contributed by atoms with van der Waals surface area (Å²) < 4.78 is 7.45. The van der Waals surface area contributed by atoms with Crippen molar-refractivity contribution in [1.82, 2.24) is 0 Å². The highest BCUT2D eigenvalue weighted by atomic mass is 79.9. The van der Waals surface area contributed by atoms with Crippen LogP contribution in [0.3, 0.4) is 0 Å². The minimum absolute atomic E-state index is 0.260. The molecular formula is C14H10Br2O3. The molecule has 0 unspecified atom stereocenters. The van der Waals surface area contributed by atoms with E-state index in [0.29, 0.717) is 12.4 Å². The monoisotopic (exact) mass is 384 g/mol. The van der Waals surface area contributed by atoms with Crippen molar-refractivity contribution in [3.63, 3.8) is 0 Å². The molecule has 0 saturated carbocycles. The number of rotatable bonds is 4. The molecule has 3 nitrogen and oxygen atoms in total. The summed E-state index contributed by atoms with van der Waals surface area (Å²) in [6.07, 6.45) is 0. The number of ether oxygens (including phenoxy) is 1. The van der Waals surface area contributed by atoms with E-state index in [1.807, 2.05) is 24.3 Å². The van der Waals surface area contributed by atoms with Crippen molar-refractivity contribution in [3.8, 4) is 5.75 Å². The highest BCUT2D eigenvalue weighted by molar-refractivity contribution is 9.11. The molecule has 0 aliphatic carbocycles. The molecular weight excluding hydrogens is 376 g/mol. The van der Waals surface area contributed by atoms with E-state index in [1.54, 1.807) is 18.2 Å². The maximum atomic E-state index is 10.9. The Morgan fingerprint density at radius 2 is 1.95 bits per heavy atom. The van der Waals surface area contributed by atoms with Crippen LogP contribution < -0.4 is 4.74 Å². The van der Waals surface area contributed by atoms with Crippen LogP contribution in [0.15, 0.2) is 51.4 Å². The summed E-state index contributed by atoms with van der Waals surface area (Å²) in [5, 5.41) is 8.92. The molecule has 1 N–H and O–H groups in total. The standard InChI is InChI=1S/C14H10Br2O3/c15-11-4-5-13(12(16)7-11)19-8-9-2-1-3-10(6-9)14(17)18/h1-7H,8H2,(H,17,18). The molecule has 5 heteroatoms. The van der Waals surface area contributed by atoms with Crippen molar-refractivity contribution in [2.24, 2.45) is 0 Å². The lowest BCUT2D eigenvalue weighted by Crippen LogP contribution is -2.00. The molecule has 0 fully saturated rings. The highest BCUT2D eigenvalue weighted by Crippen LogP contribution is 2.28. The number of carboxylic acids is 1. The van der Waals surface area contributed by atoms with E-state index in [2.05, 4.69) is 31.9 Å². The summed E-state index contributed by atoms with van der Waals surface area (Å²) >= 11 is 6.78. The molecule has 0 heterocycles. The maximum Gasteiger partial charge on any atom is 0.335 e. The van der Waals surface area contributed by atoms with Gasteiger partial charge in [0.25, 0.3) is 0 Å². The molecule has 0 aromatic heterocycles. The van der Waals surface area contributed by atoms with Crippen molar-refractivity contribution < 1.29 is 14.6 Å². The van der Waals surface area contributed by atoms with Gasteiger partial charge in [0, 0.05) is 4.47 Å². The lowest BCUT2D eigenvalue weighted by atomic mass is 10.1. The molecule has 0 spiro atoms. The van der Waals surface area contributed by atoms with Gasteiger partial charge in [-0.25, -0.2) is 4.79 Å². The zero-order valence-electron chi connectivity index (χ0n) is 9.77. The molecule has 98 valence electrons. The van der Waals surface area contributed by atoms with Crippen LogP contribution in [0.5, 0.6) is 5.75 Å². The normalized spacial score (nSPS) is 10.2. The van der Waals surface area contributed by atoms with Gasteiger partial charge in [-0.3, -0.25) is 0 Å². The zero-order valence-corrected chi connectivity index (χ0v) is 12.9. The molecule has 19 heavy (non-hydrogen) atoms. The molecule has 0 amide bonds. The third-order valence-corrected chi connectivity index (χ3v) is 3.58. The van der Waals surface area contributed by atoms with Gasteiger partial charge in [-0.1, -0.05) is 28.1 Å². The van der Waals surface area contributed by atoms with Crippen LogP contribution in [0, 0.1) is 0 Å². The first-order valence-electron chi connectivity index (χ1n) is 5.46. The smallest absolute Gasteiger partial charge is 0.335 e. The number of halogens is 2. The first-order valence-corrected chi connectivity index (χ1v) is 7.05. The second kappa shape index (κ2) is 6.21. The van der Waals surface area contributed by atoms with E-state index >= 15 is 0 Å². The first kappa shape index (κ1) is 14.1. The SMILES string of the molecule is O=C(O)c1cccc(COc2ccc(Br)cc2Br)c1. The van der Waals surface area contributed by atoms with E-state index in [0.717, 1.165) is 14.5 Å². The summed E-state index contributed by atoms with van der Waals surface area (Å²) in [5.41, 5.74) is 1.07. The number of benzene rings is 2. The number of hydrogen-bond acceptors (Lipinski definition) is 2. The lowest BCUT2D eigenvalue weighted by molar-refractivity contribution is 0.0696. The van der Waals surface area contributed by atoms with Crippen molar-refractivity contribution >= 4 is 37.8 Å². The second-order valence-electron chi connectivity index (χ2n) is 3.87. The molecule has 0 saturated heterocycles. The van der Waals surface area contributed by atoms with Gasteiger partial charge in [0.15, 0.2) is 0 Å². The van der Waals surface area contributed by atoms with Gasteiger partial charge in [-0.15, -0.1) is 0 Å². The molecule has 2 rings (SSSR count). The van der Waals surface area contributed by atoms with Gasteiger partial charge in [0.05, 0.1) is 10.0 Å². The van der Waals surface area contributed by atoms with Crippen molar-refractivity contribution in [3.05, 3.63) is 62.5 Å². The second-order valence-corrected chi connectivity index (χ2v) is 5.64. The van der Waals surface area contributed by atoms with Gasteiger partial charge >= 0.3 is 5.97 Å². The Hall–Kier alpha value is -1.33. The van der Waals surface area contributed by atoms with Gasteiger partial charge in [0.1, 0.15) is 12.4 Å². The molecule has 0 aliphatic rings. The molecule has 2 aromatic rings. The topological polar surface area (TPSA) is 46.5 Å². The van der Waals surface area contributed by atoms with Crippen LogP contribution in [0.25, 0.3) is 0 Å². The quantitative estimate of drug-likeness (QED) is 0.843. The third kappa shape index (κ3) is 3.81. The molecule has 0 bridgehead atoms. The van der Waals surface area contributed by atoms with E-state index in [1.165, 1.54) is 0 Å². The largest absolute Gasteiger partial charge is 0.488 e. The van der Waals surface area contributed by atoms with Crippen LogP contribution in [-0.4, -0.2) is 11.1 Å². The van der Waals surface area contributed by atoms with Crippen molar-refractivity contribution in [2.75, 3.05) is 0 Å². The number of carboxylic acid groups (broad SMARTS) is 1. The molecule has 0 aliphatic heterocycles. The minimum Gasteiger partial charge on any atom is -0.488 e. The predicted molar refractivity (Wildman–Crippen MR) is 79.6 cm³/mol. The average molecular weight is 386 g/mol. The van der Waals surface area contributed by atoms with E-state index < -0.39 is 5.97 Å². The molecule has 0 atom stereocenters. The fourth-order valence-electron chi connectivity index (χ4n) is 1.55. The van der Waals surface area contributed by atoms with Gasteiger partial charge in [-0.05, 0) is 51.8 Å². The van der Waals surface area contributed by atoms with Crippen LogP contribution in [0.2, 0.25) is 0 Å².